The quantitative estimate of drug-likeness (QED) is 0.703. The van der Waals surface area contributed by atoms with Gasteiger partial charge in [-0.1, -0.05) is 19.3 Å². The topological polar surface area (TPSA) is 84.2 Å². The summed E-state index contributed by atoms with van der Waals surface area (Å²) in [7, 11) is -3.49. The van der Waals surface area contributed by atoms with Crippen molar-refractivity contribution in [3.05, 3.63) is 0 Å². The highest BCUT2D eigenvalue weighted by Crippen LogP contribution is 2.27. The highest BCUT2D eigenvalue weighted by molar-refractivity contribution is 7.87. The Labute approximate surface area is 105 Å². The summed E-state index contributed by atoms with van der Waals surface area (Å²) >= 11 is 0. The van der Waals surface area contributed by atoms with E-state index < -0.39 is 21.3 Å². The fraction of sp³-hybridized carbons (Fsp3) is 1.00. The van der Waals surface area contributed by atoms with Gasteiger partial charge in [0, 0.05) is 17.6 Å². The van der Waals surface area contributed by atoms with E-state index in [2.05, 4.69) is 9.44 Å². The molecule has 0 aliphatic heterocycles. The van der Waals surface area contributed by atoms with Crippen LogP contribution in [-0.2, 0) is 10.2 Å². The summed E-state index contributed by atoms with van der Waals surface area (Å²) in [6.07, 6.45) is 4.89. The van der Waals surface area contributed by atoms with Gasteiger partial charge in [-0.25, -0.2) is 0 Å². The molecule has 0 aromatic carbocycles. The van der Waals surface area contributed by atoms with Crippen LogP contribution in [0, 0.1) is 0 Å². The first kappa shape index (κ1) is 14.9. The van der Waals surface area contributed by atoms with E-state index in [1.807, 2.05) is 20.8 Å². The number of rotatable bonds is 4. The first-order valence-electron chi connectivity index (χ1n) is 6.21. The van der Waals surface area contributed by atoms with E-state index in [1.165, 1.54) is 0 Å². The third-order valence-electron chi connectivity index (χ3n) is 2.99. The molecule has 0 aromatic rings. The molecule has 0 unspecified atom stereocenters. The van der Waals surface area contributed by atoms with Crippen LogP contribution in [0.1, 0.15) is 52.9 Å². The van der Waals surface area contributed by atoms with Gasteiger partial charge in [-0.2, -0.15) is 17.9 Å². The molecule has 0 atom stereocenters. The van der Waals surface area contributed by atoms with Crippen molar-refractivity contribution in [1.29, 1.82) is 0 Å². The third kappa shape index (κ3) is 4.91. The molecular formula is C11H25N3O2S. The van der Waals surface area contributed by atoms with Gasteiger partial charge in [-0.05, 0) is 33.6 Å². The van der Waals surface area contributed by atoms with Crippen LogP contribution in [0.25, 0.3) is 0 Å². The maximum absolute atomic E-state index is 12.0. The Morgan fingerprint density at radius 2 is 1.71 bits per heavy atom. The molecule has 4 N–H and O–H groups in total. The maximum atomic E-state index is 12.0. The largest absolute Gasteiger partial charge is 0.329 e. The predicted octanol–water partition coefficient (Wildman–Crippen LogP) is 0.871. The Balaban J connectivity index is 2.73. The summed E-state index contributed by atoms with van der Waals surface area (Å²) in [5.41, 5.74) is 4.83. The minimum absolute atomic E-state index is 0.359. The molecule has 1 aliphatic rings. The Morgan fingerprint density at radius 3 is 2.12 bits per heavy atom. The molecule has 0 aromatic heterocycles. The Morgan fingerprint density at radius 1 is 1.18 bits per heavy atom. The Hall–Kier alpha value is -0.170. The van der Waals surface area contributed by atoms with Crippen LogP contribution in [0.3, 0.4) is 0 Å². The molecule has 0 amide bonds. The van der Waals surface area contributed by atoms with Gasteiger partial charge in [-0.3, -0.25) is 0 Å². The van der Waals surface area contributed by atoms with E-state index in [1.54, 1.807) is 0 Å². The lowest BCUT2D eigenvalue weighted by Gasteiger charge is -2.37. The van der Waals surface area contributed by atoms with Gasteiger partial charge < -0.3 is 5.73 Å². The van der Waals surface area contributed by atoms with Crippen LogP contribution in [0.15, 0.2) is 0 Å². The zero-order valence-corrected chi connectivity index (χ0v) is 11.9. The maximum Gasteiger partial charge on any atom is 0.277 e. The van der Waals surface area contributed by atoms with Crippen molar-refractivity contribution in [1.82, 2.24) is 9.44 Å². The molecule has 6 heteroatoms. The molecular weight excluding hydrogens is 238 g/mol. The lowest BCUT2D eigenvalue weighted by Crippen LogP contribution is -2.59. The number of hydrogen-bond acceptors (Lipinski definition) is 3. The molecule has 102 valence electrons. The standard InChI is InChI=1S/C11H25N3O2S/c1-10(2,3)13-17(15,16)14-11(9-12)7-5-4-6-8-11/h13-14H,4-9,12H2,1-3H3. The monoisotopic (exact) mass is 263 g/mol. The Bertz CT molecular complexity index is 340. The van der Waals surface area contributed by atoms with E-state index in [-0.39, 0.29) is 0 Å². The van der Waals surface area contributed by atoms with Crippen molar-refractivity contribution in [3.63, 3.8) is 0 Å². The van der Waals surface area contributed by atoms with Crippen molar-refractivity contribution < 1.29 is 8.42 Å². The zero-order chi connectivity index (χ0) is 13.2. The molecule has 17 heavy (non-hydrogen) atoms. The molecule has 0 bridgehead atoms. The second-order valence-corrected chi connectivity index (χ2v) is 7.42. The van der Waals surface area contributed by atoms with Crippen LogP contribution in [0.5, 0.6) is 0 Å². The fourth-order valence-electron chi connectivity index (χ4n) is 2.29. The van der Waals surface area contributed by atoms with E-state index in [9.17, 15) is 8.42 Å². The van der Waals surface area contributed by atoms with Crippen molar-refractivity contribution in [2.75, 3.05) is 6.54 Å². The summed E-state index contributed by atoms with van der Waals surface area (Å²) in [4.78, 5) is 0. The van der Waals surface area contributed by atoms with Crippen LogP contribution >= 0.6 is 0 Å². The minimum Gasteiger partial charge on any atom is -0.329 e. The van der Waals surface area contributed by atoms with E-state index >= 15 is 0 Å². The molecule has 1 rings (SSSR count). The van der Waals surface area contributed by atoms with Crippen molar-refractivity contribution in [2.24, 2.45) is 5.73 Å². The molecule has 0 spiro atoms. The molecule has 1 aliphatic carbocycles. The Kier molecular flexibility index (Phi) is 4.57. The SMILES string of the molecule is CC(C)(C)NS(=O)(=O)NC1(CN)CCCCC1. The van der Waals surface area contributed by atoms with E-state index in [0.717, 1.165) is 32.1 Å². The normalized spacial score (nSPS) is 21.4. The van der Waals surface area contributed by atoms with Gasteiger partial charge in [0.2, 0.25) is 0 Å². The second kappa shape index (κ2) is 5.22. The van der Waals surface area contributed by atoms with Crippen molar-refractivity contribution in [3.8, 4) is 0 Å². The molecule has 5 nitrogen and oxygen atoms in total. The molecule has 0 radical (unpaired) electrons. The van der Waals surface area contributed by atoms with Crippen LogP contribution in [0.4, 0.5) is 0 Å². The molecule has 1 fully saturated rings. The highest BCUT2D eigenvalue weighted by Gasteiger charge is 2.35. The third-order valence-corrected chi connectivity index (χ3v) is 4.58. The second-order valence-electron chi connectivity index (χ2n) is 6.00. The summed E-state index contributed by atoms with van der Waals surface area (Å²) in [6.45, 7) is 5.82. The van der Waals surface area contributed by atoms with Gasteiger partial charge in [0.25, 0.3) is 10.2 Å². The van der Waals surface area contributed by atoms with Gasteiger partial charge >= 0.3 is 0 Å². The molecule has 1 saturated carbocycles. The van der Waals surface area contributed by atoms with Crippen molar-refractivity contribution in [2.45, 2.75) is 64.0 Å². The smallest absolute Gasteiger partial charge is 0.277 e. The average Bonchev–Trinajstić information content (AvgIpc) is 2.14. The predicted molar refractivity (Wildman–Crippen MR) is 69.8 cm³/mol. The average molecular weight is 263 g/mol. The number of nitrogens with two attached hydrogens (primary N) is 1. The zero-order valence-electron chi connectivity index (χ0n) is 11.0. The highest BCUT2D eigenvalue weighted by atomic mass is 32.2. The summed E-state index contributed by atoms with van der Waals surface area (Å²) in [5, 5.41) is 0. The van der Waals surface area contributed by atoms with Crippen LogP contribution in [0.2, 0.25) is 0 Å². The number of nitrogens with one attached hydrogen (secondary N) is 2. The van der Waals surface area contributed by atoms with Crippen molar-refractivity contribution >= 4 is 10.2 Å². The lowest BCUT2D eigenvalue weighted by molar-refractivity contribution is 0.274. The summed E-state index contributed by atoms with van der Waals surface area (Å²) in [6, 6.07) is 0. The first-order valence-corrected chi connectivity index (χ1v) is 7.69. The summed E-state index contributed by atoms with van der Waals surface area (Å²) in [5.74, 6) is 0. The first-order chi connectivity index (χ1) is 7.68. The van der Waals surface area contributed by atoms with E-state index in [4.69, 9.17) is 5.73 Å². The summed E-state index contributed by atoms with van der Waals surface area (Å²) < 4.78 is 29.4. The molecule has 0 heterocycles. The van der Waals surface area contributed by atoms with Crippen LogP contribution in [-0.4, -0.2) is 26.0 Å². The van der Waals surface area contributed by atoms with Crippen LogP contribution < -0.4 is 15.2 Å². The van der Waals surface area contributed by atoms with Gasteiger partial charge in [0.05, 0.1) is 0 Å². The van der Waals surface area contributed by atoms with E-state index in [0.29, 0.717) is 6.54 Å². The molecule has 0 saturated heterocycles. The lowest BCUT2D eigenvalue weighted by atomic mass is 9.83. The van der Waals surface area contributed by atoms with Gasteiger partial charge in [-0.15, -0.1) is 0 Å². The minimum atomic E-state index is -3.49. The number of hydrogen-bond donors (Lipinski definition) is 3. The fourth-order valence-corrected chi connectivity index (χ4v) is 4.00. The van der Waals surface area contributed by atoms with Gasteiger partial charge in [0.15, 0.2) is 0 Å². The van der Waals surface area contributed by atoms with Gasteiger partial charge in [0.1, 0.15) is 0 Å².